The van der Waals surface area contributed by atoms with Crippen LogP contribution in [0.25, 0.3) is 0 Å². The van der Waals surface area contributed by atoms with Crippen LogP contribution < -0.4 is 16.0 Å². The summed E-state index contributed by atoms with van der Waals surface area (Å²) in [6, 6.07) is 6.78. The normalized spacial score (nSPS) is 9.47. The molecule has 0 aliphatic carbocycles. The molecule has 1 amide bonds. The third-order valence-corrected chi connectivity index (χ3v) is 2.35. The van der Waals surface area contributed by atoms with E-state index in [1.54, 1.807) is 18.2 Å². The lowest BCUT2D eigenvalue weighted by Gasteiger charge is -2.06. The van der Waals surface area contributed by atoms with Crippen molar-refractivity contribution in [1.82, 2.24) is 5.43 Å². The van der Waals surface area contributed by atoms with E-state index in [1.807, 2.05) is 11.5 Å². The molecule has 1 rings (SSSR count). The van der Waals surface area contributed by atoms with Gasteiger partial charge in [0.15, 0.2) is 0 Å². The van der Waals surface area contributed by atoms with E-state index >= 15 is 0 Å². The molecular formula is C11H12ClN3O2. The average molecular weight is 254 g/mol. The van der Waals surface area contributed by atoms with Crippen LogP contribution in [0.15, 0.2) is 18.2 Å². The highest BCUT2D eigenvalue weighted by Crippen LogP contribution is 2.21. The molecule has 0 aromatic heterocycles. The Labute approximate surface area is 104 Å². The first-order valence-electron chi connectivity index (χ1n) is 4.99. The topological polar surface area (TPSA) is 88.1 Å². The predicted octanol–water partition coefficient (Wildman–Crippen LogP) is 1.36. The molecule has 0 fully saturated rings. The summed E-state index contributed by atoms with van der Waals surface area (Å²) in [6.07, 6.45) is 0.862. The summed E-state index contributed by atoms with van der Waals surface area (Å²) in [5.41, 5.74) is 2.44. The first-order valence-corrected chi connectivity index (χ1v) is 5.37. The Balaban J connectivity index is 2.40. The molecule has 0 unspecified atom stereocenters. The van der Waals surface area contributed by atoms with Crippen LogP contribution in [-0.4, -0.2) is 12.5 Å². The van der Waals surface area contributed by atoms with Crippen LogP contribution >= 0.6 is 11.6 Å². The maximum Gasteiger partial charge on any atom is 0.234 e. The summed E-state index contributed by atoms with van der Waals surface area (Å²) < 4.78 is 5.37. The summed E-state index contributed by atoms with van der Waals surface area (Å²) in [6.45, 7) is 0.385. The number of hydrazine groups is 1. The van der Waals surface area contributed by atoms with Crippen LogP contribution in [0.2, 0.25) is 5.02 Å². The molecule has 3 N–H and O–H groups in total. The van der Waals surface area contributed by atoms with Gasteiger partial charge in [0.05, 0.1) is 17.2 Å². The molecule has 0 saturated heterocycles. The molecule has 1 aromatic carbocycles. The van der Waals surface area contributed by atoms with Crippen LogP contribution in [-0.2, 0) is 4.79 Å². The van der Waals surface area contributed by atoms with Crippen molar-refractivity contribution < 1.29 is 9.53 Å². The fourth-order valence-corrected chi connectivity index (χ4v) is 1.38. The van der Waals surface area contributed by atoms with E-state index in [0.717, 1.165) is 0 Å². The van der Waals surface area contributed by atoms with E-state index in [1.165, 1.54) is 0 Å². The number of carbonyl (C=O) groups excluding carboxylic acids is 1. The van der Waals surface area contributed by atoms with E-state index in [0.29, 0.717) is 35.8 Å². The predicted molar refractivity (Wildman–Crippen MR) is 63.2 cm³/mol. The highest BCUT2D eigenvalue weighted by atomic mass is 35.5. The Morgan fingerprint density at radius 2 is 2.35 bits per heavy atom. The van der Waals surface area contributed by atoms with Gasteiger partial charge in [0.25, 0.3) is 0 Å². The number of halogens is 1. The molecule has 90 valence electrons. The second kappa shape index (κ2) is 6.74. The van der Waals surface area contributed by atoms with E-state index in [9.17, 15) is 4.79 Å². The van der Waals surface area contributed by atoms with Gasteiger partial charge in [0.1, 0.15) is 11.8 Å². The Morgan fingerprint density at radius 3 is 2.94 bits per heavy atom. The van der Waals surface area contributed by atoms with Gasteiger partial charge in [0, 0.05) is 12.5 Å². The molecule has 1 aromatic rings. The van der Waals surface area contributed by atoms with Gasteiger partial charge in [-0.1, -0.05) is 11.6 Å². The van der Waals surface area contributed by atoms with Crippen LogP contribution in [0, 0.1) is 11.3 Å². The summed E-state index contributed by atoms with van der Waals surface area (Å²) in [7, 11) is 0. The maximum absolute atomic E-state index is 10.8. The highest BCUT2D eigenvalue weighted by molar-refractivity contribution is 6.31. The second-order valence-electron chi connectivity index (χ2n) is 3.27. The minimum Gasteiger partial charge on any atom is -0.494 e. The minimum atomic E-state index is -0.230. The lowest BCUT2D eigenvalue weighted by atomic mass is 10.2. The van der Waals surface area contributed by atoms with Crippen molar-refractivity contribution in [3.05, 3.63) is 28.8 Å². The largest absolute Gasteiger partial charge is 0.494 e. The third kappa shape index (κ3) is 4.31. The minimum absolute atomic E-state index is 0.230. The van der Waals surface area contributed by atoms with Gasteiger partial charge in [-0.3, -0.25) is 10.2 Å². The van der Waals surface area contributed by atoms with Crippen LogP contribution in [0.3, 0.4) is 0 Å². The van der Waals surface area contributed by atoms with Gasteiger partial charge in [-0.15, -0.1) is 0 Å². The van der Waals surface area contributed by atoms with Gasteiger partial charge in [-0.05, 0) is 18.6 Å². The van der Waals surface area contributed by atoms with Crippen molar-refractivity contribution in [3.63, 3.8) is 0 Å². The van der Waals surface area contributed by atoms with Gasteiger partial charge >= 0.3 is 0 Å². The lowest BCUT2D eigenvalue weighted by molar-refractivity contribution is -0.121. The Morgan fingerprint density at radius 1 is 1.59 bits per heavy atom. The third-order valence-electron chi connectivity index (χ3n) is 2.04. The summed E-state index contributed by atoms with van der Waals surface area (Å²) >= 11 is 5.83. The summed E-state index contributed by atoms with van der Waals surface area (Å²) in [4.78, 5) is 10.8. The molecule has 17 heavy (non-hydrogen) atoms. The van der Waals surface area contributed by atoms with Gasteiger partial charge < -0.3 is 4.74 Å². The Kier molecular flexibility index (Phi) is 5.27. The molecule has 0 spiro atoms. The number of nitrogens with zero attached hydrogens (tertiary/aromatic N) is 1. The van der Waals surface area contributed by atoms with Crippen molar-refractivity contribution in [2.24, 2.45) is 5.84 Å². The lowest BCUT2D eigenvalue weighted by Crippen LogP contribution is -2.29. The standard InChI is InChI=1S/C11H12ClN3O2/c12-10-6-9(4-3-8(10)7-13)17-5-1-2-11(16)15-14/h3-4,6H,1-2,5,14H2,(H,15,16). The molecule has 0 saturated carbocycles. The molecule has 0 aliphatic rings. The fraction of sp³-hybridized carbons (Fsp3) is 0.273. The van der Waals surface area contributed by atoms with Crippen molar-refractivity contribution in [2.75, 3.05) is 6.61 Å². The van der Waals surface area contributed by atoms with Crippen molar-refractivity contribution in [2.45, 2.75) is 12.8 Å². The molecule has 6 heteroatoms. The first-order chi connectivity index (χ1) is 8.17. The van der Waals surface area contributed by atoms with E-state index in [4.69, 9.17) is 27.4 Å². The number of amides is 1. The number of ether oxygens (including phenoxy) is 1. The van der Waals surface area contributed by atoms with E-state index in [-0.39, 0.29) is 5.91 Å². The molecule has 0 aliphatic heterocycles. The van der Waals surface area contributed by atoms with Crippen molar-refractivity contribution >= 4 is 17.5 Å². The molecule has 0 bridgehead atoms. The van der Waals surface area contributed by atoms with E-state index in [2.05, 4.69) is 0 Å². The molecule has 0 atom stereocenters. The summed E-state index contributed by atoms with van der Waals surface area (Å²) in [5.74, 6) is 5.27. The molecular weight excluding hydrogens is 242 g/mol. The van der Waals surface area contributed by atoms with E-state index < -0.39 is 0 Å². The van der Waals surface area contributed by atoms with Crippen LogP contribution in [0.5, 0.6) is 5.75 Å². The number of carbonyl (C=O) groups is 1. The molecule has 5 nitrogen and oxygen atoms in total. The number of nitrogens with one attached hydrogen (secondary N) is 1. The second-order valence-corrected chi connectivity index (χ2v) is 3.68. The Hall–Kier alpha value is -1.77. The number of rotatable bonds is 5. The van der Waals surface area contributed by atoms with Crippen molar-refractivity contribution in [1.29, 1.82) is 5.26 Å². The molecule has 0 radical (unpaired) electrons. The summed E-state index contributed by atoms with van der Waals surface area (Å²) in [5, 5.41) is 9.03. The van der Waals surface area contributed by atoms with Gasteiger partial charge in [-0.2, -0.15) is 5.26 Å². The zero-order chi connectivity index (χ0) is 12.7. The number of hydrogen-bond donors (Lipinski definition) is 2. The van der Waals surface area contributed by atoms with Crippen LogP contribution in [0.1, 0.15) is 18.4 Å². The van der Waals surface area contributed by atoms with Gasteiger partial charge in [0.2, 0.25) is 5.91 Å². The SMILES string of the molecule is N#Cc1ccc(OCCCC(=O)NN)cc1Cl. The number of nitriles is 1. The molecule has 0 heterocycles. The smallest absolute Gasteiger partial charge is 0.234 e. The van der Waals surface area contributed by atoms with Crippen LogP contribution in [0.4, 0.5) is 0 Å². The Bertz CT molecular complexity index is 443. The first kappa shape index (κ1) is 13.3. The number of nitrogens with two attached hydrogens (primary N) is 1. The quantitative estimate of drug-likeness (QED) is 0.359. The number of hydrogen-bond acceptors (Lipinski definition) is 4. The zero-order valence-corrected chi connectivity index (χ0v) is 9.83. The average Bonchev–Trinajstić information content (AvgIpc) is 2.34. The number of benzene rings is 1. The fourth-order valence-electron chi connectivity index (χ4n) is 1.17. The zero-order valence-electron chi connectivity index (χ0n) is 9.07. The monoisotopic (exact) mass is 253 g/mol. The maximum atomic E-state index is 10.8. The van der Waals surface area contributed by atoms with Gasteiger partial charge in [-0.25, -0.2) is 5.84 Å². The highest BCUT2D eigenvalue weighted by Gasteiger charge is 2.02. The van der Waals surface area contributed by atoms with Crippen molar-refractivity contribution in [3.8, 4) is 11.8 Å².